The highest BCUT2D eigenvalue weighted by Crippen LogP contribution is 2.30. The highest BCUT2D eigenvalue weighted by atomic mass is 35.5. The van der Waals surface area contributed by atoms with Crippen LogP contribution in [-0.2, 0) is 19.3 Å². The van der Waals surface area contributed by atoms with Gasteiger partial charge >= 0.3 is 0 Å². The first-order chi connectivity index (χ1) is 12.5. The van der Waals surface area contributed by atoms with Crippen molar-refractivity contribution in [2.24, 2.45) is 0 Å². The van der Waals surface area contributed by atoms with E-state index in [2.05, 4.69) is 17.1 Å². The predicted octanol–water partition coefficient (Wildman–Crippen LogP) is 5.85. The Bertz CT molecular complexity index is 960. The summed E-state index contributed by atoms with van der Waals surface area (Å²) in [6, 6.07) is 9.80. The first kappa shape index (κ1) is 21.3. The minimum absolute atomic E-state index is 0. The van der Waals surface area contributed by atoms with E-state index in [9.17, 15) is 13.6 Å². The van der Waals surface area contributed by atoms with Gasteiger partial charge in [0.25, 0.3) is 5.56 Å². The lowest BCUT2D eigenvalue weighted by Crippen LogP contribution is -2.13. The van der Waals surface area contributed by atoms with Gasteiger partial charge in [-0.15, -0.1) is 23.7 Å². The summed E-state index contributed by atoms with van der Waals surface area (Å²) in [5.41, 5.74) is 3.38. The van der Waals surface area contributed by atoms with E-state index >= 15 is 0 Å². The van der Waals surface area contributed by atoms with Crippen LogP contribution in [0.4, 0.5) is 8.78 Å². The van der Waals surface area contributed by atoms with E-state index in [1.807, 2.05) is 19.9 Å². The SMILES string of the molecule is CCc1cc(-c2ccc(CCCc3cc(F)cc(F)c3)s2)c(C)[nH]c1=O.Cl. The quantitative estimate of drug-likeness (QED) is 0.544. The maximum absolute atomic E-state index is 13.2. The number of H-pyrrole nitrogens is 1. The van der Waals surface area contributed by atoms with Crippen LogP contribution in [0.5, 0.6) is 0 Å². The van der Waals surface area contributed by atoms with Gasteiger partial charge in [0.2, 0.25) is 0 Å². The molecule has 2 heterocycles. The molecule has 0 saturated heterocycles. The summed E-state index contributed by atoms with van der Waals surface area (Å²) in [6.45, 7) is 3.88. The molecule has 0 fully saturated rings. The van der Waals surface area contributed by atoms with E-state index in [4.69, 9.17) is 0 Å². The second-order valence-corrected chi connectivity index (χ2v) is 7.58. The number of thiophene rings is 1. The summed E-state index contributed by atoms with van der Waals surface area (Å²) in [4.78, 5) is 17.1. The van der Waals surface area contributed by atoms with E-state index in [1.54, 1.807) is 11.3 Å². The fourth-order valence-corrected chi connectivity index (χ4v) is 4.19. The number of halogens is 3. The van der Waals surface area contributed by atoms with Crippen LogP contribution in [0, 0.1) is 18.6 Å². The summed E-state index contributed by atoms with van der Waals surface area (Å²) < 4.78 is 26.5. The molecule has 2 nitrogen and oxygen atoms in total. The number of aryl methyl sites for hydroxylation is 4. The average molecular weight is 410 g/mol. The Balaban J connectivity index is 0.00000261. The largest absolute Gasteiger partial charge is 0.326 e. The van der Waals surface area contributed by atoms with Gasteiger partial charge < -0.3 is 4.98 Å². The fraction of sp³-hybridized carbons (Fsp3) is 0.286. The molecule has 1 aromatic carbocycles. The second-order valence-electron chi connectivity index (χ2n) is 6.41. The Morgan fingerprint density at radius 2 is 1.74 bits per heavy atom. The summed E-state index contributed by atoms with van der Waals surface area (Å²) in [5, 5.41) is 0. The molecule has 0 aliphatic heterocycles. The molecule has 0 atom stereocenters. The third-order valence-corrected chi connectivity index (χ3v) is 5.61. The number of rotatable bonds is 6. The van der Waals surface area contributed by atoms with Crippen LogP contribution in [-0.4, -0.2) is 4.98 Å². The number of aromatic amines is 1. The summed E-state index contributed by atoms with van der Waals surface area (Å²) in [6.07, 6.45) is 3.02. The smallest absolute Gasteiger partial charge is 0.251 e. The van der Waals surface area contributed by atoms with Crippen molar-refractivity contribution in [3.8, 4) is 10.4 Å². The zero-order valence-corrected chi connectivity index (χ0v) is 16.9. The molecule has 0 aliphatic rings. The van der Waals surface area contributed by atoms with Crippen molar-refractivity contribution in [2.45, 2.75) is 39.5 Å². The van der Waals surface area contributed by atoms with Crippen molar-refractivity contribution in [1.29, 1.82) is 0 Å². The molecule has 3 aromatic rings. The minimum Gasteiger partial charge on any atom is -0.326 e. The van der Waals surface area contributed by atoms with Crippen molar-refractivity contribution < 1.29 is 8.78 Å². The number of nitrogens with one attached hydrogen (secondary N) is 1. The lowest BCUT2D eigenvalue weighted by molar-refractivity contribution is 0.578. The summed E-state index contributed by atoms with van der Waals surface area (Å²) in [7, 11) is 0. The van der Waals surface area contributed by atoms with Crippen molar-refractivity contribution in [2.75, 3.05) is 0 Å². The Hall–Kier alpha value is -1.98. The van der Waals surface area contributed by atoms with Gasteiger partial charge in [0.15, 0.2) is 0 Å². The Kier molecular flexibility index (Phi) is 7.33. The molecule has 144 valence electrons. The first-order valence-corrected chi connectivity index (χ1v) is 9.54. The number of hydrogen-bond donors (Lipinski definition) is 1. The first-order valence-electron chi connectivity index (χ1n) is 8.73. The topological polar surface area (TPSA) is 32.9 Å². The van der Waals surface area contributed by atoms with Gasteiger partial charge in [0, 0.05) is 32.6 Å². The maximum Gasteiger partial charge on any atom is 0.251 e. The van der Waals surface area contributed by atoms with Gasteiger partial charge in [-0.1, -0.05) is 6.92 Å². The van der Waals surface area contributed by atoms with Crippen LogP contribution in [0.15, 0.2) is 41.2 Å². The van der Waals surface area contributed by atoms with E-state index < -0.39 is 11.6 Å². The van der Waals surface area contributed by atoms with Crippen LogP contribution < -0.4 is 5.56 Å². The zero-order chi connectivity index (χ0) is 18.7. The van der Waals surface area contributed by atoms with Gasteiger partial charge in [-0.05, 0) is 68.5 Å². The number of aromatic nitrogens is 1. The molecule has 0 aliphatic carbocycles. The van der Waals surface area contributed by atoms with Crippen LogP contribution in [0.25, 0.3) is 10.4 Å². The lowest BCUT2D eigenvalue weighted by Gasteiger charge is -2.05. The van der Waals surface area contributed by atoms with Crippen LogP contribution in [0.2, 0.25) is 0 Å². The molecule has 2 aromatic heterocycles. The average Bonchev–Trinajstić information content (AvgIpc) is 3.03. The van der Waals surface area contributed by atoms with E-state index in [-0.39, 0.29) is 18.0 Å². The molecule has 0 spiro atoms. The zero-order valence-electron chi connectivity index (χ0n) is 15.3. The molecule has 0 saturated carbocycles. The van der Waals surface area contributed by atoms with Gasteiger partial charge in [-0.2, -0.15) is 0 Å². The number of pyridine rings is 1. The maximum atomic E-state index is 13.2. The van der Waals surface area contributed by atoms with E-state index in [0.29, 0.717) is 18.4 Å². The van der Waals surface area contributed by atoms with Gasteiger partial charge in [-0.3, -0.25) is 4.79 Å². The molecular weight excluding hydrogens is 388 g/mol. The highest BCUT2D eigenvalue weighted by molar-refractivity contribution is 7.15. The standard InChI is InChI=1S/C21H21F2NOS.ClH/c1-3-15-11-19(13(2)24-21(15)25)20-8-7-18(26-20)6-4-5-14-9-16(22)12-17(23)10-14;/h7-12H,3-6H2,1-2H3,(H,24,25);1H. The molecule has 3 rings (SSSR count). The number of benzene rings is 1. The van der Waals surface area contributed by atoms with Gasteiger partial charge in [0.05, 0.1) is 0 Å². The minimum atomic E-state index is -0.529. The van der Waals surface area contributed by atoms with Crippen molar-refractivity contribution in [1.82, 2.24) is 4.98 Å². The third kappa shape index (κ3) is 5.27. The monoisotopic (exact) mass is 409 g/mol. The van der Waals surface area contributed by atoms with Crippen LogP contribution >= 0.6 is 23.7 Å². The third-order valence-electron chi connectivity index (χ3n) is 4.43. The Morgan fingerprint density at radius 3 is 2.41 bits per heavy atom. The Labute approximate surface area is 167 Å². The molecule has 1 N–H and O–H groups in total. The molecule has 27 heavy (non-hydrogen) atoms. The molecule has 0 radical (unpaired) electrons. The van der Waals surface area contributed by atoms with Crippen molar-refractivity contribution in [3.63, 3.8) is 0 Å². The molecule has 6 heteroatoms. The highest BCUT2D eigenvalue weighted by Gasteiger charge is 2.10. The molecule has 0 amide bonds. The summed E-state index contributed by atoms with van der Waals surface area (Å²) >= 11 is 1.70. The van der Waals surface area contributed by atoms with Crippen LogP contribution in [0.3, 0.4) is 0 Å². The van der Waals surface area contributed by atoms with Crippen LogP contribution in [0.1, 0.15) is 35.0 Å². The van der Waals surface area contributed by atoms with Gasteiger partial charge in [0.1, 0.15) is 11.6 Å². The normalized spacial score (nSPS) is 10.7. The van der Waals surface area contributed by atoms with E-state index in [1.165, 1.54) is 17.0 Å². The van der Waals surface area contributed by atoms with Crippen molar-refractivity contribution >= 4 is 23.7 Å². The Morgan fingerprint density at radius 1 is 1.04 bits per heavy atom. The number of hydrogen-bond acceptors (Lipinski definition) is 2. The molecule has 0 unspecified atom stereocenters. The van der Waals surface area contributed by atoms with Crippen molar-refractivity contribution in [3.05, 3.63) is 80.1 Å². The predicted molar refractivity (Wildman–Crippen MR) is 110 cm³/mol. The second kappa shape index (κ2) is 9.29. The summed E-state index contributed by atoms with van der Waals surface area (Å²) in [5.74, 6) is -1.06. The molecular formula is C21H22ClF2NOS. The molecule has 0 bridgehead atoms. The van der Waals surface area contributed by atoms with Gasteiger partial charge in [-0.25, -0.2) is 8.78 Å². The fourth-order valence-electron chi connectivity index (χ4n) is 3.06. The van der Waals surface area contributed by atoms with E-state index in [0.717, 1.165) is 40.6 Å². The lowest BCUT2D eigenvalue weighted by atomic mass is 10.1.